The molecule has 0 saturated carbocycles. The normalized spacial score (nSPS) is 13.0. The van der Waals surface area contributed by atoms with Crippen molar-refractivity contribution in [2.24, 2.45) is 0 Å². The van der Waals surface area contributed by atoms with Crippen LogP contribution < -0.4 is 0 Å². The van der Waals surface area contributed by atoms with E-state index in [1.165, 1.54) is 55.3 Å². The van der Waals surface area contributed by atoms with E-state index in [0.717, 1.165) is 66.5 Å². The van der Waals surface area contributed by atoms with Gasteiger partial charge in [0.2, 0.25) is 0 Å². The molecule has 69 heavy (non-hydrogen) atoms. The summed E-state index contributed by atoms with van der Waals surface area (Å²) in [5, 5.41) is 4.32. The predicted octanol–water partition coefficient (Wildman–Crippen LogP) is 15.9. The number of hydrogen-bond acceptors (Lipinski definition) is 4. The Labute approximate surface area is 397 Å². The topological polar surface area (TPSA) is 56.7 Å². The molecule has 2 aliphatic rings. The largest absolute Gasteiger partial charge is 0.454 e. The van der Waals surface area contributed by atoms with Crippen molar-refractivity contribution in [1.82, 2.24) is 19.5 Å². The van der Waals surface area contributed by atoms with Gasteiger partial charge >= 0.3 is 0 Å². The van der Waals surface area contributed by atoms with E-state index in [-0.39, 0.29) is 0 Å². The Kier molecular flexibility index (Phi) is 7.93. The Morgan fingerprint density at radius 1 is 0.362 bits per heavy atom. The van der Waals surface area contributed by atoms with Gasteiger partial charge in [-0.2, -0.15) is 0 Å². The van der Waals surface area contributed by atoms with Crippen molar-refractivity contribution >= 4 is 43.7 Å². The summed E-state index contributed by atoms with van der Waals surface area (Å²) in [5.41, 5.74) is 19.5. The highest BCUT2D eigenvalue weighted by atomic mass is 16.3. The van der Waals surface area contributed by atoms with Crippen LogP contribution in [0.15, 0.2) is 235 Å². The van der Waals surface area contributed by atoms with E-state index in [1.54, 1.807) is 0 Å². The Hall–Kier alpha value is -9.19. The third-order valence-corrected chi connectivity index (χ3v) is 14.7. The first-order chi connectivity index (χ1) is 34.2. The number of furan rings is 1. The highest BCUT2D eigenvalue weighted by Crippen LogP contribution is 2.64. The Morgan fingerprint density at radius 2 is 0.928 bits per heavy atom. The van der Waals surface area contributed by atoms with E-state index in [4.69, 9.17) is 19.4 Å². The van der Waals surface area contributed by atoms with Gasteiger partial charge in [-0.1, -0.05) is 200 Å². The molecule has 5 heteroatoms. The summed E-state index contributed by atoms with van der Waals surface area (Å²) in [6, 6.07) is 82.4. The number of benzene rings is 10. The van der Waals surface area contributed by atoms with Crippen molar-refractivity contribution in [3.63, 3.8) is 0 Å². The maximum absolute atomic E-state index is 7.14. The number of para-hydroxylation sites is 2. The number of hydrogen-bond donors (Lipinski definition) is 0. The van der Waals surface area contributed by atoms with Crippen LogP contribution in [0.25, 0.3) is 117 Å². The average molecular weight is 879 g/mol. The SMILES string of the molecule is c1ccc(-c2cccc(-c3nc(-c4ccccc4)nc(-c4ccc(-n5c6ccccc6c6ccc7c(c65)-c5ccccc5C75c6ccccc6-c6ccccc65)c5oc6ccccc6c45)n3)c2)cc1. The number of nitrogens with zero attached hydrogens (tertiary/aromatic N) is 4. The number of aromatic nitrogens is 4. The van der Waals surface area contributed by atoms with E-state index >= 15 is 0 Å². The lowest BCUT2D eigenvalue weighted by atomic mass is 9.70. The van der Waals surface area contributed by atoms with Gasteiger partial charge in [0.25, 0.3) is 0 Å². The van der Waals surface area contributed by atoms with Gasteiger partial charge in [-0.05, 0) is 80.4 Å². The fourth-order valence-electron chi connectivity index (χ4n) is 11.9. The van der Waals surface area contributed by atoms with Crippen LogP contribution in [0.3, 0.4) is 0 Å². The van der Waals surface area contributed by atoms with Crippen molar-refractivity contribution in [3.8, 4) is 73.2 Å². The fourth-order valence-corrected chi connectivity index (χ4v) is 11.9. The molecular formula is C64H38N4O. The molecule has 0 aliphatic heterocycles. The third kappa shape index (κ3) is 5.27. The van der Waals surface area contributed by atoms with Gasteiger partial charge < -0.3 is 8.98 Å². The summed E-state index contributed by atoms with van der Waals surface area (Å²) in [4.78, 5) is 15.8. The predicted molar refractivity (Wildman–Crippen MR) is 279 cm³/mol. The van der Waals surface area contributed by atoms with Crippen LogP contribution in [-0.2, 0) is 5.41 Å². The minimum absolute atomic E-state index is 0.486. The van der Waals surface area contributed by atoms with Gasteiger partial charge in [0.1, 0.15) is 5.58 Å². The molecule has 0 atom stereocenters. The van der Waals surface area contributed by atoms with Crippen molar-refractivity contribution in [2.75, 3.05) is 0 Å². The first kappa shape index (κ1) is 38.0. The molecule has 0 N–H and O–H groups in total. The standard InChI is InChI=1S/C64H38N4O/c1-3-18-39(19-4-1)41-22-17-23-42(38-41)62-65-61(40-20-5-2-6-21-40)66-63(67-62)49-35-37-55(60-57(49)48-28-11-16-33-56(48)69-60)68-54-32-15-10-26-45(54)46-34-36-53-58(59(46)68)47-27-9-14-31-52(47)64(53)50-29-12-7-24-43(50)44-25-8-13-30-51(44)64/h1-38H. The molecule has 10 aromatic carbocycles. The molecule has 0 saturated heterocycles. The highest BCUT2D eigenvalue weighted by molar-refractivity contribution is 6.19. The number of fused-ring (bicyclic) bond motifs is 17. The second kappa shape index (κ2) is 14.4. The van der Waals surface area contributed by atoms with Crippen LogP contribution in [0.1, 0.15) is 22.3 Å². The minimum Gasteiger partial charge on any atom is -0.454 e. The second-order valence-corrected chi connectivity index (χ2v) is 18.2. The molecule has 13 aromatic rings. The molecule has 320 valence electrons. The smallest absolute Gasteiger partial charge is 0.164 e. The quantitative estimate of drug-likeness (QED) is 0.173. The zero-order chi connectivity index (χ0) is 45.2. The van der Waals surface area contributed by atoms with E-state index in [1.807, 2.05) is 30.3 Å². The van der Waals surface area contributed by atoms with Gasteiger partial charge in [0.05, 0.1) is 22.1 Å². The summed E-state index contributed by atoms with van der Waals surface area (Å²) >= 11 is 0. The van der Waals surface area contributed by atoms with Crippen molar-refractivity contribution in [3.05, 3.63) is 253 Å². The molecule has 5 nitrogen and oxygen atoms in total. The highest BCUT2D eigenvalue weighted by Gasteiger charge is 2.52. The summed E-state index contributed by atoms with van der Waals surface area (Å²) in [6.45, 7) is 0. The number of rotatable bonds is 5. The Bertz CT molecular complexity index is 4210. The van der Waals surface area contributed by atoms with Gasteiger partial charge in [0, 0.05) is 43.8 Å². The molecule has 3 aromatic heterocycles. The van der Waals surface area contributed by atoms with Crippen LogP contribution in [0.4, 0.5) is 0 Å². The van der Waals surface area contributed by atoms with Crippen LogP contribution in [-0.4, -0.2) is 19.5 Å². The molecule has 2 aliphatic carbocycles. The molecule has 0 amide bonds. The summed E-state index contributed by atoms with van der Waals surface area (Å²) in [6.07, 6.45) is 0. The molecule has 0 fully saturated rings. The van der Waals surface area contributed by atoms with E-state index in [0.29, 0.717) is 17.5 Å². The van der Waals surface area contributed by atoms with Crippen LogP contribution in [0.5, 0.6) is 0 Å². The van der Waals surface area contributed by atoms with Crippen LogP contribution >= 0.6 is 0 Å². The van der Waals surface area contributed by atoms with E-state index < -0.39 is 5.41 Å². The summed E-state index contributed by atoms with van der Waals surface area (Å²) in [5.74, 6) is 1.78. The van der Waals surface area contributed by atoms with Gasteiger partial charge in [0.15, 0.2) is 23.1 Å². The Morgan fingerprint density at radius 3 is 1.68 bits per heavy atom. The van der Waals surface area contributed by atoms with Crippen molar-refractivity contribution in [2.45, 2.75) is 5.41 Å². The van der Waals surface area contributed by atoms with Crippen molar-refractivity contribution < 1.29 is 4.42 Å². The molecule has 15 rings (SSSR count). The molecule has 0 unspecified atom stereocenters. The fraction of sp³-hybridized carbons (Fsp3) is 0.0156. The third-order valence-electron chi connectivity index (χ3n) is 14.7. The Balaban J connectivity index is 1.02. The van der Waals surface area contributed by atoms with Gasteiger partial charge in [-0.3, -0.25) is 0 Å². The summed E-state index contributed by atoms with van der Waals surface area (Å²) in [7, 11) is 0. The molecule has 3 heterocycles. The van der Waals surface area contributed by atoms with E-state index in [9.17, 15) is 0 Å². The zero-order valence-electron chi connectivity index (χ0n) is 37.1. The maximum atomic E-state index is 7.14. The van der Waals surface area contributed by atoms with Crippen LogP contribution in [0, 0.1) is 0 Å². The van der Waals surface area contributed by atoms with E-state index in [2.05, 4.69) is 205 Å². The monoisotopic (exact) mass is 878 g/mol. The van der Waals surface area contributed by atoms with Gasteiger partial charge in [-0.25, -0.2) is 15.0 Å². The molecule has 0 radical (unpaired) electrons. The minimum atomic E-state index is -0.486. The second-order valence-electron chi connectivity index (χ2n) is 18.2. The van der Waals surface area contributed by atoms with Crippen LogP contribution in [0.2, 0.25) is 0 Å². The maximum Gasteiger partial charge on any atom is 0.164 e. The zero-order valence-corrected chi connectivity index (χ0v) is 37.1. The van der Waals surface area contributed by atoms with Crippen molar-refractivity contribution in [1.29, 1.82) is 0 Å². The lowest BCUT2D eigenvalue weighted by molar-refractivity contribution is 0.666. The first-order valence-electron chi connectivity index (χ1n) is 23.5. The summed E-state index contributed by atoms with van der Waals surface area (Å²) < 4.78 is 9.61. The lowest BCUT2D eigenvalue weighted by Crippen LogP contribution is -2.25. The average Bonchev–Trinajstić information content (AvgIpc) is 4.15. The molecular weight excluding hydrogens is 841 g/mol. The first-order valence-corrected chi connectivity index (χ1v) is 23.5. The lowest BCUT2D eigenvalue weighted by Gasteiger charge is -2.30. The van der Waals surface area contributed by atoms with Gasteiger partial charge in [-0.15, -0.1) is 0 Å². The molecule has 0 bridgehead atoms. The molecule has 1 spiro atoms.